The van der Waals surface area contributed by atoms with E-state index >= 15 is 0 Å². The second-order valence-corrected chi connectivity index (χ2v) is 8.84. The number of carbonyl (C=O) groups is 2. The molecular formula is C22H27N5O3. The number of amides is 2. The van der Waals surface area contributed by atoms with Gasteiger partial charge in [0, 0.05) is 38.2 Å². The Hall–Kier alpha value is -2.74. The van der Waals surface area contributed by atoms with Gasteiger partial charge >= 0.3 is 0 Å². The Balaban J connectivity index is 1.35. The third kappa shape index (κ3) is 3.19. The largest absolute Gasteiger partial charge is 0.350 e. The Kier molecular flexibility index (Phi) is 4.81. The van der Waals surface area contributed by atoms with Crippen molar-refractivity contribution < 1.29 is 9.59 Å². The van der Waals surface area contributed by atoms with Crippen LogP contribution in [0.3, 0.4) is 0 Å². The first-order valence-corrected chi connectivity index (χ1v) is 10.8. The maximum Gasteiger partial charge on any atom is 0.260 e. The van der Waals surface area contributed by atoms with Crippen LogP contribution in [0.1, 0.15) is 36.0 Å². The van der Waals surface area contributed by atoms with Crippen LogP contribution in [-0.4, -0.2) is 58.0 Å². The van der Waals surface area contributed by atoms with Gasteiger partial charge in [0.1, 0.15) is 0 Å². The first-order chi connectivity index (χ1) is 14.5. The lowest BCUT2D eigenvalue weighted by molar-refractivity contribution is -0.148. The number of hydrogen-bond acceptors (Lipinski definition) is 5. The number of carbonyl (C=O) groups excluding carboxylic acids is 2. The van der Waals surface area contributed by atoms with Gasteiger partial charge in [0.2, 0.25) is 5.91 Å². The maximum atomic E-state index is 12.9. The molecular weight excluding hydrogens is 382 g/mol. The molecule has 1 aromatic carbocycles. The number of hydrogen-bond donors (Lipinski definition) is 2. The molecule has 3 saturated heterocycles. The van der Waals surface area contributed by atoms with Crippen molar-refractivity contribution >= 4 is 22.7 Å². The van der Waals surface area contributed by atoms with Crippen LogP contribution in [0.15, 0.2) is 29.3 Å². The lowest BCUT2D eigenvalue weighted by atomic mass is 9.72. The normalized spacial score (nSPS) is 28.3. The first kappa shape index (κ1) is 19.2. The van der Waals surface area contributed by atoms with Crippen LogP contribution in [-0.2, 0) is 11.8 Å². The molecule has 0 saturated carbocycles. The van der Waals surface area contributed by atoms with E-state index in [0.717, 1.165) is 32.4 Å². The molecule has 2 bridgehead atoms. The third-order valence-electron chi connectivity index (χ3n) is 7.05. The van der Waals surface area contributed by atoms with Crippen LogP contribution in [0.25, 0.3) is 10.9 Å². The van der Waals surface area contributed by atoms with Crippen LogP contribution in [0, 0.1) is 11.8 Å². The molecule has 8 heteroatoms. The molecule has 1 aromatic heterocycles. The fourth-order valence-corrected chi connectivity index (χ4v) is 5.55. The van der Waals surface area contributed by atoms with Gasteiger partial charge in [0.05, 0.1) is 23.3 Å². The number of nitrogens with one attached hydrogen (secondary N) is 2. The summed E-state index contributed by atoms with van der Waals surface area (Å²) in [7, 11) is 1.65. The Morgan fingerprint density at radius 3 is 2.97 bits per heavy atom. The lowest BCUT2D eigenvalue weighted by Crippen LogP contribution is -2.66. The summed E-state index contributed by atoms with van der Waals surface area (Å²) in [5.41, 5.74) is 0.845. The Morgan fingerprint density at radius 2 is 2.10 bits per heavy atom. The van der Waals surface area contributed by atoms with Crippen molar-refractivity contribution in [2.75, 3.05) is 19.6 Å². The molecule has 2 amide bonds. The quantitative estimate of drug-likeness (QED) is 0.776. The molecule has 3 aliphatic rings. The summed E-state index contributed by atoms with van der Waals surface area (Å²) in [4.78, 5) is 44.1. The smallest absolute Gasteiger partial charge is 0.260 e. The van der Waals surface area contributed by atoms with Gasteiger partial charge in [-0.25, -0.2) is 4.98 Å². The highest BCUT2D eigenvalue weighted by Crippen LogP contribution is 2.39. The Morgan fingerprint density at radius 1 is 1.27 bits per heavy atom. The molecule has 4 atom stereocenters. The zero-order chi connectivity index (χ0) is 20.8. The van der Waals surface area contributed by atoms with E-state index in [1.165, 1.54) is 10.9 Å². The molecule has 158 valence electrons. The highest BCUT2D eigenvalue weighted by Gasteiger charge is 2.47. The molecule has 5 rings (SSSR count). The van der Waals surface area contributed by atoms with E-state index in [1.54, 1.807) is 25.2 Å². The number of benzene rings is 1. The van der Waals surface area contributed by atoms with E-state index in [1.807, 2.05) is 0 Å². The van der Waals surface area contributed by atoms with Gasteiger partial charge in [-0.3, -0.25) is 14.4 Å². The second-order valence-electron chi connectivity index (χ2n) is 8.84. The topological polar surface area (TPSA) is 96.3 Å². The van der Waals surface area contributed by atoms with Crippen LogP contribution in [0.4, 0.5) is 0 Å². The minimum Gasteiger partial charge on any atom is -0.350 e. The fraction of sp³-hybridized carbons (Fsp3) is 0.545. The van der Waals surface area contributed by atoms with Crippen molar-refractivity contribution in [1.29, 1.82) is 0 Å². The predicted octanol–water partition coefficient (Wildman–Crippen LogP) is 0.652. The van der Waals surface area contributed by atoms with Crippen LogP contribution in [0.5, 0.6) is 0 Å². The number of fused-ring (bicyclic) bond motifs is 5. The summed E-state index contributed by atoms with van der Waals surface area (Å²) >= 11 is 0. The second kappa shape index (κ2) is 7.50. The molecule has 2 N–H and O–H groups in total. The Bertz CT molecular complexity index is 1060. The average Bonchev–Trinajstić information content (AvgIpc) is 2.76. The minimum absolute atomic E-state index is 0.0293. The van der Waals surface area contributed by atoms with Crippen molar-refractivity contribution in [3.05, 3.63) is 40.4 Å². The van der Waals surface area contributed by atoms with Gasteiger partial charge in [-0.05, 0) is 55.8 Å². The molecule has 8 nitrogen and oxygen atoms in total. The summed E-state index contributed by atoms with van der Waals surface area (Å²) in [6.45, 7) is 2.31. The van der Waals surface area contributed by atoms with E-state index in [-0.39, 0.29) is 23.4 Å². The van der Waals surface area contributed by atoms with E-state index in [4.69, 9.17) is 0 Å². The summed E-state index contributed by atoms with van der Waals surface area (Å²) in [5.74, 6) is 0.914. The van der Waals surface area contributed by atoms with Crippen molar-refractivity contribution in [3.8, 4) is 0 Å². The van der Waals surface area contributed by atoms with Gasteiger partial charge < -0.3 is 20.1 Å². The highest BCUT2D eigenvalue weighted by molar-refractivity contribution is 5.97. The predicted molar refractivity (Wildman–Crippen MR) is 112 cm³/mol. The minimum atomic E-state index is -0.203. The van der Waals surface area contributed by atoms with Gasteiger partial charge in [-0.2, -0.15) is 0 Å². The molecule has 30 heavy (non-hydrogen) atoms. The van der Waals surface area contributed by atoms with Crippen molar-refractivity contribution in [3.63, 3.8) is 0 Å². The monoisotopic (exact) mass is 409 g/mol. The zero-order valence-corrected chi connectivity index (χ0v) is 17.1. The van der Waals surface area contributed by atoms with E-state index < -0.39 is 0 Å². The molecule has 0 radical (unpaired) electrons. The maximum absolute atomic E-state index is 12.9. The molecule has 0 unspecified atom stereocenters. The molecule has 0 spiro atoms. The van der Waals surface area contributed by atoms with E-state index in [2.05, 4.69) is 20.5 Å². The number of aromatic nitrogens is 2. The number of piperidine rings is 3. The van der Waals surface area contributed by atoms with Gasteiger partial charge in [-0.15, -0.1) is 0 Å². The summed E-state index contributed by atoms with van der Waals surface area (Å²) in [5, 5.41) is 7.06. The lowest BCUT2D eigenvalue weighted by Gasteiger charge is -2.54. The molecule has 3 aliphatic heterocycles. The average molecular weight is 409 g/mol. The Labute approximate surface area is 174 Å². The van der Waals surface area contributed by atoms with E-state index in [0.29, 0.717) is 47.3 Å². The fourth-order valence-electron chi connectivity index (χ4n) is 5.55. The summed E-state index contributed by atoms with van der Waals surface area (Å²) in [6, 6.07) is 5.29. The van der Waals surface area contributed by atoms with Crippen molar-refractivity contribution in [1.82, 2.24) is 25.1 Å². The van der Waals surface area contributed by atoms with Crippen LogP contribution < -0.4 is 16.2 Å². The standard InChI is InChI=1S/C22H27N5O3/c1-26-12-25-17-8-13(5-6-16(17)22(26)30)21(29)24-11-19-15-7-14(9-23-10-15)18-3-2-4-20(28)27(18)19/h5-6,8,12,14-15,18-19,23H,2-4,7,9-11H2,1H3,(H,24,29)/t14-,15+,18+,19+/m1/s1. The van der Waals surface area contributed by atoms with Crippen molar-refractivity contribution in [2.24, 2.45) is 18.9 Å². The molecule has 4 heterocycles. The number of aryl methyl sites for hydroxylation is 1. The van der Waals surface area contributed by atoms with Gasteiger partial charge in [0.15, 0.2) is 0 Å². The highest BCUT2D eigenvalue weighted by atomic mass is 16.2. The first-order valence-electron chi connectivity index (χ1n) is 10.8. The number of rotatable bonds is 3. The number of nitrogens with zero attached hydrogens (tertiary/aromatic N) is 3. The van der Waals surface area contributed by atoms with Gasteiger partial charge in [-0.1, -0.05) is 0 Å². The summed E-state index contributed by atoms with van der Waals surface area (Å²) in [6.07, 6.45) is 5.21. The van der Waals surface area contributed by atoms with E-state index in [9.17, 15) is 14.4 Å². The van der Waals surface area contributed by atoms with Crippen LogP contribution in [0.2, 0.25) is 0 Å². The van der Waals surface area contributed by atoms with Crippen LogP contribution >= 0.6 is 0 Å². The van der Waals surface area contributed by atoms with Crippen molar-refractivity contribution in [2.45, 2.75) is 37.8 Å². The third-order valence-corrected chi connectivity index (χ3v) is 7.05. The summed E-state index contributed by atoms with van der Waals surface area (Å²) < 4.78 is 1.42. The van der Waals surface area contributed by atoms with Gasteiger partial charge in [0.25, 0.3) is 11.5 Å². The SMILES string of the molecule is Cn1cnc2cc(C(=O)NC[C@H]3[C@@H]4CNC[C@@H](C4)[C@@H]4CCCC(=O)N43)ccc2c1=O. The molecule has 3 fully saturated rings. The molecule has 2 aromatic rings. The zero-order valence-electron chi connectivity index (χ0n) is 17.1. The molecule has 0 aliphatic carbocycles.